The van der Waals surface area contributed by atoms with Gasteiger partial charge in [0, 0.05) is 6.42 Å². The van der Waals surface area contributed by atoms with Crippen molar-refractivity contribution in [3.63, 3.8) is 0 Å². The molecule has 0 aromatic heterocycles. The van der Waals surface area contributed by atoms with E-state index < -0.39 is 5.60 Å². The Bertz CT molecular complexity index is 148. The van der Waals surface area contributed by atoms with Gasteiger partial charge in [0.25, 0.3) is 0 Å². The summed E-state index contributed by atoms with van der Waals surface area (Å²) in [5.74, 6) is 0. The molecule has 0 heterocycles. The van der Waals surface area contributed by atoms with Gasteiger partial charge in [0.15, 0.2) is 0 Å². The van der Waals surface area contributed by atoms with Gasteiger partial charge in [-0.1, -0.05) is 41.8 Å². The van der Waals surface area contributed by atoms with Crippen molar-refractivity contribution < 1.29 is 5.11 Å². The Labute approximate surface area is 76.6 Å². The smallest absolute Gasteiger partial charge is 0.0692 e. The topological polar surface area (TPSA) is 20.2 Å². The zero-order valence-corrected chi connectivity index (χ0v) is 8.36. The summed E-state index contributed by atoms with van der Waals surface area (Å²) < 4.78 is 0.918. The molecule has 1 N–H and O–H groups in total. The quantitative estimate of drug-likeness (QED) is 0.756. The van der Waals surface area contributed by atoms with Crippen LogP contribution in [0.25, 0.3) is 0 Å². The standard InChI is InChI=1S/C9H15BrO/c1-8(10)7-9(11)5-3-2-4-6-9/h11H,1-7H2. The Kier molecular flexibility index (Phi) is 3.14. The zero-order valence-electron chi connectivity index (χ0n) is 6.77. The van der Waals surface area contributed by atoms with Crippen molar-refractivity contribution in [2.75, 3.05) is 0 Å². The third-order valence-electron chi connectivity index (χ3n) is 2.31. The van der Waals surface area contributed by atoms with Crippen molar-refractivity contribution in [2.24, 2.45) is 0 Å². The van der Waals surface area contributed by atoms with Gasteiger partial charge in [-0.15, -0.1) is 0 Å². The van der Waals surface area contributed by atoms with Gasteiger partial charge in [0.2, 0.25) is 0 Å². The molecule has 0 spiro atoms. The van der Waals surface area contributed by atoms with Gasteiger partial charge < -0.3 is 5.11 Å². The van der Waals surface area contributed by atoms with Crippen molar-refractivity contribution in [2.45, 2.75) is 44.1 Å². The summed E-state index contributed by atoms with van der Waals surface area (Å²) in [5.41, 5.74) is -0.446. The lowest BCUT2D eigenvalue weighted by Crippen LogP contribution is -2.30. The van der Waals surface area contributed by atoms with Crippen molar-refractivity contribution in [1.29, 1.82) is 0 Å². The van der Waals surface area contributed by atoms with Crippen molar-refractivity contribution in [3.05, 3.63) is 11.1 Å². The second kappa shape index (κ2) is 3.72. The van der Waals surface area contributed by atoms with E-state index in [4.69, 9.17) is 0 Å². The summed E-state index contributed by atoms with van der Waals surface area (Å²) in [4.78, 5) is 0. The summed E-state index contributed by atoms with van der Waals surface area (Å²) >= 11 is 3.29. The molecule has 1 nitrogen and oxygen atoms in total. The lowest BCUT2D eigenvalue weighted by molar-refractivity contribution is 0.00644. The van der Waals surface area contributed by atoms with Crippen LogP contribution in [0.3, 0.4) is 0 Å². The van der Waals surface area contributed by atoms with Crippen LogP contribution in [0.1, 0.15) is 38.5 Å². The number of halogens is 1. The van der Waals surface area contributed by atoms with E-state index in [1.165, 1.54) is 6.42 Å². The molecular formula is C9H15BrO. The van der Waals surface area contributed by atoms with E-state index in [1.54, 1.807) is 0 Å². The molecule has 1 rings (SSSR count). The van der Waals surface area contributed by atoms with Crippen LogP contribution in [-0.4, -0.2) is 10.7 Å². The van der Waals surface area contributed by atoms with Crippen LogP contribution >= 0.6 is 15.9 Å². The third kappa shape index (κ3) is 2.96. The Morgan fingerprint density at radius 2 is 1.91 bits per heavy atom. The molecule has 0 aliphatic heterocycles. The molecule has 0 unspecified atom stereocenters. The van der Waals surface area contributed by atoms with Crippen LogP contribution < -0.4 is 0 Å². The van der Waals surface area contributed by atoms with Gasteiger partial charge in [-0.05, 0) is 17.3 Å². The minimum absolute atomic E-state index is 0.446. The van der Waals surface area contributed by atoms with Gasteiger partial charge in [0.1, 0.15) is 0 Å². The normalized spacial score (nSPS) is 23.1. The molecule has 0 amide bonds. The maximum absolute atomic E-state index is 9.95. The molecule has 0 atom stereocenters. The van der Waals surface area contributed by atoms with Crippen molar-refractivity contribution >= 4 is 15.9 Å². The minimum atomic E-state index is -0.446. The zero-order chi connectivity index (χ0) is 8.32. The fourth-order valence-electron chi connectivity index (χ4n) is 1.74. The number of hydrogen-bond donors (Lipinski definition) is 1. The number of hydrogen-bond acceptors (Lipinski definition) is 1. The molecule has 0 radical (unpaired) electrons. The SMILES string of the molecule is C=C(Br)CC1(O)CCCCC1. The van der Waals surface area contributed by atoms with Gasteiger partial charge in [-0.25, -0.2) is 0 Å². The molecule has 1 saturated carbocycles. The van der Waals surface area contributed by atoms with E-state index >= 15 is 0 Å². The second-order valence-electron chi connectivity index (χ2n) is 3.48. The average Bonchev–Trinajstić information content (AvgIpc) is 1.85. The van der Waals surface area contributed by atoms with E-state index in [0.717, 1.165) is 30.2 Å². The summed E-state index contributed by atoms with van der Waals surface area (Å²) in [7, 11) is 0. The molecule has 64 valence electrons. The summed E-state index contributed by atoms with van der Waals surface area (Å²) in [5, 5.41) is 9.95. The Morgan fingerprint density at radius 1 is 1.36 bits per heavy atom. The van der Waals surface area contributed by atoms with Crippen molar-refractivity contribution in [1.82, 2.24) is 0 Å². The first-order valence-electron chi connectivity index (χ1n) is 4.18. The molecule has 11 heavy (non-hydrogen) atoms. The highest BCUT2D eigenvalue weighted by Gasteiger charge is 2.28. The molecule has 1 aliphatic rings. The fourth-order valence-corrected chi connectivity index (χ4v) is 2.27. The molecule has 1 fully saturated rings. The first kappa shape index (κ1) is 9.27. The lowest BCUT2D eigenvalue weighted by atomic mass is 9.83. The van der Waals surface area contributed by atoms with Crippen LogP contribution in [0.5, 0.6) is 0 Å². The highest BCUT2D eigenvalue weighted by Crippen LogP contribution is 2.33. The minimum Gasteiger partial charge on any atom is -0.390 e. The van der Waals surface area contributed by atoms with Crippen LogP contribution in [0, 0.1) is 0 Å². The van der Waals surface area contributed by atoms with E-state index in [2.05, 4.69) is 22.5 Å². The predicted molar refractivity (Wildman–Crippen MR) is 50.7 cm³/mol. The summed E-state index contributed by atoms with van der Waals surface area (Å²) in [6.45, 7) is 3.75. The Balaban J connectivity index is 2.43. The van der Waals surface area contributed by atoms with Gasteiger partial charge >= 0.3 is 0 Å². The van der Waals surface area contributed by atoms with Crippen LogP contribution in [-0.2, 0) is 0 Å². The number of aliphatic hydroxyl groups is 1. The molecule has 0 bridgehead atoms. The predicted octanol–water partition coefficient (Wildman–Crippen LogP) is 2.98. The lowest BCUT2D eigenvalue weighted by Gasteiger charge is -2.31. The molecular weight excluding hydrogens is 204 g/mol. The van der Waals surface area contributed by atoms with Crippen LogP contribution in [0.2, 0.25) is 0 Å². The van der Waals surface area contributed by atoms with Gasteiger partial charge in [-0.3, -0.25) is 0 Å². The Hall–Kier alpha value is 0.180. The van der Waals surface area contributed by atoms with Crippen LogP contribution in [0.15, 0.2) is 11.1 Å². The highest BCUT2D eigenvalue weighted by molar-refractivity contribution is 9.11. The molecule has 0 aromatic rings. The fraction of sp³-hybridized carbons (Fsp3) is 0.778. The monoisotopic (exact) mass is 218 g/mol. The van der Waals surface area contributed by atoms with E-state index in [-0.39, 0.29) is 0 Å². The van der Waals surface area contributed by atoms with Crippen LogP contribution in [0.4, 0.5) is 0 Å². The van der Waals surface area contributed by atoms with Gasteiger partial charge in [-0.2, -0.15) is 0 Å². The van der Waals surface area contributed by atoms with Crippen molar-refractivity contribution in [3.8, 4) is 0 Å². The molecule has 0 saturated heterocycles. The molecule has 2 heteroatoms. The summed E-state index contributed by atoms with van der Waals surface area (Å²) in [6, 6.07) is 0. The number of rotatable bonds is 2. The third-order valence-corrected chi connectivity index (χ3v) is 2.59. The molecule has 1 aliphatic carbocycles. The first-order chi connectivity index (χ1) is 5.12. The highest BCUT2D eigenvalue weighted by atomic mass is 79.9. The average molecular weight is 219 g/mol. The largest absolute Gasteiger partial charge is 0.390 e. The van der Waals surface area contributed by atoms with E-state index in [0.29, 0.717) is 6.42 Å². The summed E-state index contributed by atoms with van der Waals surface area (Å²) in [6.07, 6.45) is 6.20. The Morgan fingerprint density at radius 3 is 2.36 bits per heavy atom. The van der Waals surface area contributed by atoms with E-state index in [9.17, 15) is 5.11 Å². The van der Waals surface area contributed by atoms with Gasteiger partial charge in [0.05, 0.1) is 5.60 Å². The van der Waals surface area contributed by atoms with E-state index in [1.807, 2.05) is 0 Å². The first-order valence-corrected chi connectivity index (χ1v) is 4.97. The maximum Gasteiger partial charge on any atom is 0.0692 e. The molecule has 0 aromatic carbocycles. The second-order valence-corrected chi connectivity index (χ2v) is 4.60. The maximum atomic E-state index is 9.95.